The molecule has 3 heterocycles. The van der Waals surface area contributed by atoms with E-state index in [1.54, 1.807) is 24.3 Å². The van der Waals surface area contributed by atoms with Crippen molar-refractivity contribution in [2.24, 2.45) is 0 Å². The molecule has 258 valence electrons. The first-order valence-electron chi connectivity index (χ1n) is 16.7. The molecule has 6 N–H and O–H groups in total. The summed E-state index contributed by atoms with van der Waals surface area (Å²) in [6.45, 7) is 3.25. The van der Waals surface area contributed by atoms with Gasteiger partial charge in [0.05, 0.1) is 28.6 Å². The molecule has 1 aliphatic heterocycles. The zero-order valence-corrected chi connectivity index (χ0v) is 27.5. The summed E-state index contributed by atoms with van der Waals surface area (Å²) < 4.78 is 5.73. The zero-order chi connectivity index (χ0) is 34.9. The lowest BCUT2D eigenvalue weighted by Crippen LogP contribution is -2.42. The Morgan fingerprint density at radius 3 is 2.52 bits per heavy atom. The fraction of sp³-hybridized carbons (Fsp3) is 0.263. The number of likely N-dealkylation sites (tertiary alicyclic amines) is 1. The number of hydrogen-bond acceptors (Lipinski definition) is 9. The van der Waals surface area contributed by atoms with Crippen LogP contribution in [0.3, 0.4) is 0 Å². The monoisotopic (exact) mass is 676 g/mol. The molecule has 50 heavy (non-hydrogen) atoms. The predicted molar refractivity (Wildman–Crippen MR) is 191 cm³/mol. The number of carbonyl (C=O) groups excluding carboxylic acids is 2. The average Bonchev–Trinajstić information content (AvgIpc) is 3.13. The van der Waals surface area contributed by atoms with Gasteiger partial charge in [-0.1, -0.05) is 54.6 Å². The Morgan fingerprint density at radius 2 is 1.74 bits per heavy atom. The van der Waals surface area contributed by atoms with Crippen LogP contribution in [0.4, 0.5) is 10.5 Å². The standard InChI is InChI=1S/C38H40N6O6/c45-33-14-12-30(31-13-15-35(47)43-36(31)33)34(46)24-39-23-27-11-10-26(22-41-27)37(48)40-18-21-44-19-16-28(17-20-44)50-38(49)42-32-9-5-4-8-29(32)25-6-2-1-3-7-25/h1-15,22,28,34,39,45-46H,16-21,23-24H2,(H,40,48)(H,42,49)(H,43,47)/t34-/m0/s1. The number of aromatic nitrogens is 2. The van der Waals surface area contributed by atoms with Gasteiger partial charge in [-0.25, -0.2) is 4.79 Å². The third-order valence-electron chi connectivity index (χ3n) is 8.77. The Balaban J connectivity index is 0.886. The van der Waals surface area contributed by atoms with Crippen molar-refractivity contribution in [2.45, 2.75) is 31.6 Å². The quantitative estimate of drug-likeness (QED) is 0.111. The van der Waals surface area contributed by atoms with E-state index in [4.69, 9.17) is 4.74 Å². The summed E-state index contributed by atoms with van der Waals surface area (Å²) in [5.41, 5.74) is 4.31. The Morgan fingerprint density at radius 1 is 0.960 bits per heavy atom. The van der Waals surface area contributed by atoms with Crippen molar-refractivity contribution in [2.75, 3.05) is 38.0 Å². The van der Waals surface area contributed by atoms with Crippen molar-refractivity contribution in [3.05, 3.63) is 124 Å². The van der Waals surface area contributed by atoms with Gasteiger partial charge in [0, 0.05) is 62.5 Å². The summed E-state index contributed by atoms with van der Waals surface area (Å²) in [5.74, 6) is -0.277. The number of aliphatic hydroxyl groups excluding tert-OH is 1. The van der Waals surface area contributed by atoms with Crippen LogP contribution in [0.1, 0.15) is 40.6 Å². The van der Waals surface area contributed by atoms with Crippen LogP contribution in [0, 0.1) is 0 Å². The molecular weight excluding hydrogens is 636 g/mol. The highest BCUT2D eigenvalue weighted by Gasteiger charge is 2.23. The van der Waals surface area contributed by atoms with Crippen LogP contribution >= 0.6 is 0 Å². The van der Waals surface area contributed by atoms with E-state index in [-0.39, 0.29) is 35.4 Å². The number of carbonyl (C=O) groups is 2. The van der Waals surface area contributed by atoms with Gasteiger partial charge in [-0.05, 0) is 54.3 Å². The number of pyridine rings is 2. The fourth-order valence-corrected chi connectivity index (χ4v) is 6.09. The largest absolute Gasteiger partial charge is 0.506 e. The van der Waals surface area contributed by atoms with Crippen molar-refractivity contribution >= 4 is 28.6 Å². The molecule has 6 rings (SSSR count). The number of amides is 2. The van der Waals surface area contributed by atoms with Crippen molar-refractivity contribution < 1.29 is 24.5 Å². The number of phenolic OH excluding ortho intramolecular Hbond substituents is 1. The van der Waals surface area contributed by atoms with Crippen LogP contribution in [0.5, 0.6) is 5.75 Å². The number of H-pyrrole nitrogens is 1. The highest BCUT2D eigenvalue weighted by molar-refractivity contribution is 5.94. The zero-order valence-electron chi connectivity index (χ0n) is 27.5. The lowest BCUT2D eigenvalue weighted by molar-refractivity contribution is 0.0587. The molecule has 0 aliphatic carbocycles. The van der Waals surface area contributed by atoms with Gasteiger partial charge < -0.3 is 35.5 Å². The number of anilines is 1. The summed E-state index contributed by atoms with van der Waals surface area (Å²) in [4.78, 5) is 46.3. The first-order valence-corrected chi connectivity index (χ1v) is 16.7. The number of benzene rings is 3. The van der Waals surface area contributed by atoms with Gasteiger partial charge in [0.15, 0.2) is 0 Å². The molecule has 0 unspecified atom stereocenters. The summed E-state index contributed by atoms with van der Waals surface area (Å²) in [5, 5.41) is 30.4. The normalized spacial score (nSPS) is 14.3. The van der Waals surface area contributed by atoms with Gasteiger partial charge in [-0.15, -0.1) is 0 Å². The number of aromatic hydroxyl groups is 1. The lowest BCUT2D eigenvalue weighted by atomic mass is 10.0. The summed E-state index contributed by atoms with van der Waals surface area (Å²) in [6.07, 6.45) is 1.43. The number of rotatable bonds is 12. The van der Waals surface area contributed by atoms with E-state index in [0.29, 0.717) is 60.4 Å². The van der Waals surface area contributed by atoms with Crippen LogP contribution in [0.25, 0.3) is 22.0 Å². The molecule has 3 aromatic carbocycles. The SMILES string of the molecule is O=C(Nc1ccccc1-c1ccccc1)OC1CCN(CCNC(=O)c2ccc(CNC[C@H](O)c3ccc(O)c4[nH]c(=O)ccc34)nc2)CC1. The van der Waals surface area contributed by atoms with Crippen molar-refractivity contribution in [1.82, 2.24) is 25.5 Å². The predicted octanol–water partition coefficient (Wildman–Crippen LogP) is 4.56. The first kappa shape index (κ1) is 34.3. The van der Waals surface area contributed by atoms with Gasteiger partial charge >= 0.3 is 6.09 Å². The van der Waals surface area contributed by atoms with E-state index in [9.17, 15) is 24.6 Å². The van der Waals surface area contributed by atoms with Gasteiger partial charge in [-0.3, -0.25) is 19.9 Å². The number of piperidine rings is 1. The van der Waals surface area contributed by atoms with Crippen molar-refractivity contribution in [1.29, 1.82) is 0 Å². The minimum atomic E-state index is -0.889. The van der Waals surface area contributed by atoms with Crippen LogP contribution in [-0.4, -0.2) is 75.9 Å². The van der Waals surface area contributed by atoms with E-state index in [2.05, 4.69) is 30.8 Å². The highest BCUT2D eigenvalue weighted by Crippen LogP contribution is 2.29. The van der Waals surface area contributed by atoms with Crippen molar-refractivity contribution in [3.63, 3.8) is 0 Å². The van der Waals surface area contributed by atoms with Gasteiger partial charge in [0.25, 0.3) is 5.91 Å². The maximum atomic E-state index is 12.7. The summed E-state index contributed by atoms with van der Waals surface area (Å²) in [7, 11) is 0. The third kappa shape index (κ3) is 8.72. The van der Waals surface area contributed by atoms with Gasteiger partial charge in [-0.2, -0.15) is 0 Å². The molecule has 0 saturated carbocycles. The van der Waals surface area contributed by atoms with E-state index in [0.717, 1.165) is 24.2 Å². The number of aliphatic hydroxyl groups is 1. The number of fused-ring (bicyclic) bond motifs is 1. The summed E-state index contributed by atoms with van der Waals surface area (Å²) >= 11 is 0. The number of nitrogens with zero attached hydrogens (tertiary/aromatic N) is 2. The highest BCUT2D eigenvalue weighted by atomic mass is 16.6. The van der Waals surface area contributed by atoms with E-state index >= 15 is 0 Å². The average molecular weight is 677 g/mol. The van der Waals surface area contributed by atoms with Crippen LogP contribution < -0.4 is 21.5 Å². The molecule has 2 amide bonds. The molecule has 12 heteroatoms. The maximum Gasteiger partial charge on any atom is 0.411 e. The molecule has 0 bridgehead atoms. The lowest BCUT2D eigenvalue weighted by Gasteiger charge is -2.31. The first-order chi connectivity index (χ1) is 24.3. The Bertz CT molecular complexity index is 1980. The summed E-state index contributed by atoms with van der Waals surface area (Å²) in [6, 6.07) is 27.0. The number of hydrogen-bond donors (Lipinski definition) is 6. The smallest absolute Gasteiger partial charge is 0.411 e. The number of nitrogens with one attached hydrogen (secondary N) is 4. The maximum absolute atomic E-state index is 12.7. The van der Waals surface area contributed by atoms with Crippen LogP contribution in [0.2, 0.25) is 0 Å². The molecule has 2 aromatic heterocycles. The number of aromatic amines is 1. The number of para-hydroxylation sites is 1. The molecule has 1 atom stereocenters. The molecule has 5 aromatic rings. The van der Waals surface area contributed by atoms with Gasteiger partial charge in [0.2, 0.25) is 5.56 Å². The Hall–Kier alpha value is -5.56. The minimum Gasteiger partial charge on any atom is -0.506 e. The topological polar surface area (TPSA) is 169 Å². The molecular formula is C38H40N6O6. The third-order valence-corrected chi connectivity index (χ3v) is 8.77. The molecule has 12 nitrogen and oxygen atoms in total. The van der Waals surface area contributed by atoms with Crippen LogP contribution in [-0.2, 0) is 11.3 Å². The second kappa shape index (κ2) is 16.2. The molecule has 0 spiro atoms. The van der Waals surface area contributed by atoms with Gasteiger partial charge in [0.1, 0.15) is 11.9 Å². The Kier molecular flexibility index (Phi) is 11.1. The second-order valence-corrected chi connectivity index (χ2v) is 12.2. The molecule has 1 saturated heterocycles. The van der Waals surface area contributed by atoms with Crippen molar-refractivity contribution in [3.8, 4) is 16.9 Å². The molecule has 1 aliphatic rings. The number of phenols is 1. The second-order valence-electron chi connectivity index (χ2n) is 12.2. The Labute approximate surface area is 289 Å². The van der Waals surface area contributed by atoms with E-state index < -0.39 is 12.2 Å². The molecule has 1 fully saturated rings. The van der Waals surface area contributed by atoms with E-state index in [1.165, 1.54) is 18.3 Å². The minimum absolute atomic E-state index is 0.0645. The number of ether oxygens (including phenoxy) is 1. The van der Waals surface area contributed by atoms with Crippen LogP contribution in [0.15, 0.2) is 102 Å². The molecule has 0 radical (unpaired) electrons. The van der Waals surface area contributed by atoms with E-state index in [1.807, 2.05) is 54.6 Å². The fourth-order valence-electron chi connectivity index (χ4n) is 6.09.